The van der Waals surface area contributed by atoms with Crippen LogP contribution in [0.1, 0.15) is 5.69 Å². The number of anilines is 1. The maximum Gasteiger partial charge on any atom is 0.344 e. The maximum absolute atomic E-state index is 11.5. The molecule has 0 saturated carbocycles. The van der Waals surface area contributed by atoms with E-state index in [2.05, 4.69) is 5.10 Å². The Morgan fingerprint density at radius 1 is 1.30 bits per heavy atom. The third kappa shape index (κ3) is 4.01. The van der Waals surface area contributed by atoms with E-state index in [0.29, 0.717) is 24.5 Å². The number of nitrogens with two attached hydrogens (primary N) is 1. The molecule has 0 aliphatic carbocycles. The number of nitrogens with zero attached hydrogens (tertiary/aromatic N) is 2. The zero-order valence-corrected chi connectivity index (χ0v) is 11.3. The molecule has 2 N–H and O–H groups in total. The van der Waals surface area contributed by atoms with Crippen molar-refractivity contribution in [2.24, 2.45) is 7.05 Å². The third-order valence-corrected chi connectivity index (χ3v) is 2.78. The lowest BCUT2D eigenvalue weighted by atomic mass is 10.3. The van der Waals surface area contributed by atoms with Crippen LogP contribution in [0.3, 0.4) is 0 Å². The fraction of sp³-hybridized carbons (Fsp3) is 0.286. The Hall–Kier alpha value is -2.50. The zero-order valence-electron chi connectivity index (χ0n) is 11.3. The van der Waals surface area contributed by atoms with E-state index in [1.165, 1.54) is 0 Å². The zero-order chi connectivity index (χ0) is 14.4. The fourth-order valence-electron chi connectivity index (χ4n) is 1.66. The monoisotopic (exact) mass is 275 g/mol. The van der Waals surface area contributed by atoms with Crippen LogP contribution in [0, 0.1) is 0 Å². The van der Waals surface area contributed by atoms with Crippen molar-refractivity contribution in [2.75, 3.05) is 18.9 Å². The van der Waals surface area contributed by atoms with Crippen LogP contribution in [0.25, 0.3) is 0 Å². The summed E-state index contributed by atoms with van der Waals surface area (Å²) in [6, 6.07) is 8.72. The molecule has 2 aromatic rings. The van der Waals surface area contributed by atoms with Crippen LogP contribution >= 0.6 is 0 Å². The van der Waals surface area contributed by atoms with Gasteiger partial charge in [0.2, 0.25) is 0 Å². The third-order valence-electron chi connectivity index (χ3n) is 2.78. The molecule has 0 radical (unpaired) electrons. The van der Waals surface area contributed by atoms with Crippen LogP contribution in [0.2, 0.25) is 0 Å². The van der Waals surface area contributed by atoms with E-state index in [-0.39, 0.29) is 6.61 Å². The Morgan fingerprint density at radius 2 is 2.05 bits per heavy atom. The highest BCUT2D eigenvalue weighted by Crippen LogP contribution is 2.12. The van der Waals surface area contributed by atoms with Crippen LogP contribution in [0.5, 0.6) is 5.75 Å². The van der Waals surface area contributed by atoms with Gasteiger partial charge in [0, 0.05) is 31.0 Å². The Bertz CT molecular complexity index is 563. The van der Waals surface area contributed by atoms with Gasteiger partial charge in [-0.2, -0.15) is 5.10 Å². The molecule has 0 aliphatic rings. The van der Waals surface area contributed by atoms with E-state index < -0.39 is 5.97 Å². The van der Waals surface area contributed by atoms with E-state index in [1.807, 2.05) is 13.1 Å². The van der Waals surface area contributed by atoms with Crippen LogP contribution in [0.4, 0.5) is 5.69 Å². The van der Waals surface area contributed by atoms with Crippen molar-refractivity contribution in [3.63, 3.8) is 0 Å². The molecule has 0 spiro atoms. The highest BCUT2D eigenvalue weighted by atomic mass is 16.6. The molecule has 1 heterocycles. The fourth-order valence-corrected chi connectivity index (χ4v) is 1.66. The number of benzene rings is 1. The summed E-state index contributed by atoms with van der Waals surface area (Å²) in [5.74, 6) is 0.187. The largest absolute Gasteiger partial charge is 0.482 e. The van der Waals surface area contributed by atoms with Gasteiger partial charge in [0.25, 0.3) is 0 Å². The van der Waals surface area contributed by atoms with Crippen molar-refractivity contribution in [2.45, 2.75) is 6.42 Å². The van der Waals surface area contributed by atoms with Crippen molar-refractivity contribution >= 4 is 11.7 Å². The van der Waals surface area contributed by atoms with Gasteiger partial charge in [0.15, 0.2) is 6.61 Å². The van der Waals surface area contributed by atoms with Gasteiger partial charge >= 0.3 is 5.97 Å². The molecule has 2 rings (SSSR count). The smallest absolute Gasteiger partial charge is 0.344 e. The Balaban J connectivity index is 1.68. The number of ether oxygens (including phenoxy) is 2. The molecular weight excluding hydrogens is 258 g/mol. The first-order chi connectivity index (χ1) is 9.65. The molecule has 20 heavy (non-hydrogen) atoms. The topological polar surface area (TPSA) is 79.4 Å². The summed E-state index contributed by atoms with van der Waals surface area (Å²) in [5.41, 5.74) is 7.21. The molecule has 1 aromatic carbocycles. The summed E-state index contributed by atoms with van der Waals surface area (Å²) in [6.45, 7) is 0.193. The molecule has 0 unspecified atom stereocenters. The maximum atomic E-state index is 11.5. The van der Waals surface area contributed by atoms with Gasteiger partial charge in [-0.1, -0.05) is 0 Å². The lowest BCUT2D eigenvalue weighted by Crippen LogP contribution is -2.16. The molecule has 0 fully saturated rings. The number of carbonyl (C=O) groups excluding carboxylic acids is 1. The average Bonchev–Trinajstić information content (AvgIpc) is 2.84. The average molecular weight is 275 g/mol. The van der Waals surface area contributed by atoms with E-state index in [4.69, 9.17) is 15.2 Å². The first-order valence-electron chi connectivity index (χ1n) is 6.26. The number of nitrogen functional groups attached to an aromatic ring is 1. The second kappa shape index (κ2) is 6.60. The lowest BCUT2D eigenvalue weighted by Gasteiger charge is -2.07. The number of aromatic nitrogens is 2. The molecule has 0 bridgehead atoms. The van der Waals surface area contributed by atoms with Gasteiger partial charge in [-0.25, -0.2) is 4.79 Å². The minimum absolute atomic E-state index is 0.116. The quantitative estimate of drug-likeness (QED) is 0.632. The number of aryl methyl sites for hydroxylation is 1. The summed E-state index contributed by atoms with van der Waals surface area (Å²) in [6.07, 6.45) is 2.34. The SMILES string of the molecule is Cn1nccc1CCOC(=O)COc1ccc(N)cc1. The van der Waals surface area contributed by atoms with E-state index >= 15 is 0 Å². The first kappa shape index (κ1) is 13.9. The summed E-state index contributed by atoms with van der Waals surface area (Å²) in [4.78, 5) is 11.5. The van der Waals surface area contributed by atoms with Crippen molar-refractivity contribution in [1.29, 1.82) is 0 Å². The van der Waals surface area contributed by atoms with Gasteiger partial charge in [-0.15, -0.1) is 0 Å². The minimum Gasteiger partial charge on any atom is -0.482 e. The second-order valence-electron chi connectivity index (χ2n) is 4.27. The van der Waals surface area contributed by atoms with Gasteiger partial charge in [-0.3, -0.25) is 4.68 Å². The number of rotatable bonds is 6. The number of hydrogen-bond acceptors (Lipinski definition) is 5. The minimum atomic E-state index is -0.399. The predicted octanol–water partition coefficient (Wildman–Crippen LogP) is 1.17. The highest BCUT2D eigenvalue weighted by molar-refractivity contribution is 5.71. The van der Waals surface area contributed by atoms with E-state index in [1.54, 1.807) is 35.1 Å². The number of esters is 1. The Morgan fingerprint density at radius 3 is 2.70 bits per heavy atom. The van der Waals surface area contributed by atoms with Crippen molar-refractivity contribution in [1.82, 2.24) is 9.78 Å². The molecule has 106 valence electrons. The van der Waals surface area contributed by atoms with E-state index in [0.717, 1.165) is 5.69 Å². The molecular formula is C14H17N3O3. The standard InChI is InChI=1S/C14H17N3O3/c1-17-12(6-8-16-17)7-9-19-14(18)10-20-13-4-2-11(15)3-5-13/h2-6,8H,7,9-10,15H2,1H3. The Kier molecular flexibility index (Phi) is 4.60. The lowest BCUT2D eigenvalue weighted by molar-refractivity contribution is -0.145. The van der Waals surface area contributed by atoms with Gasteiger partial charge in [0.05, 0.1) is 6.61 Å². The predicted molar refractivity (Wildman–Crippen MR) is 74.2 cm³/mol. The Labute approximate surface area is 117 Å². The first-order valence-corrected chi connectivity index (χ1v) is 6.26. The summed E-state index contributed by atoms with van der Waals surface area (Å²) in [7, 11) is 1.85. The number of hydrogen-bond donors (Lipinski definition) is 1. The normalized spacial score (nSPS) is 10.2. The van der Waals surface area contributed by atoms with Crippen LogP contribution < -0.4 is 10.5 Å². The molecule has 6 nitrogen and oxygen atoms in total. The summed E-state index contributed by atoms with van der Waals surface area (Å²) in [5, 5.41) is 4.04. The van der Waals surface area contributed by atoms with Gasteiger partial charge in [0.1, 0.15) is 5.75 Å². The highest BCUT2D eigenvalue weighted by Gasteiger charge is 2.05. The van der Waals surface area contributed by atoms with E-state index in [9.17, 15) is 4.79 Å². The van der Waals surface area contributed by atoms with Crippen LogP contribution in [0.15, 0.2) is 36.5 Å². The second-order valence-corrected chi connectivity index (χ2v) is 4.27. The van der Waals surface area contributed by atoms with Crippen LogP contribution in [-0.4, -0.2) is 29.0 Å². The van der Waals surface area contributed by atoms with Crippen molar-refractivity contribution in [3.8, 4) is 5.75 Å². The van der Waals surface area contributed by atoms with Crippen molar-refractivity contribution in [3.05, 3.63) is 42.2 Å². The van der Waals surface area contributed by atoms with Crippen molar-refractivity contribution < 1.29 is 14.3 Å². The molecule has 0 amide bonds. The molecule has 0 saturated heterocycles. The van der Waals surface area contributed by atoms with Crippen LogP contribution in [-0.2, 0) is 23.0 Å². The van der Waals surface area contributed by atoms with Gasteiger partial charge < -0.3 is 15.2 Å². The summed E-state index contributed by atoms with van der Waals surface area (Å²) >= 11 is 0. The molecule has 0 aliphatic heterocycles. The molecule has 0 atom stereocenters. The molecule has 6 heteroatoms. The number of carbonyl (C=O) groups is 1. The summed E-state index contributed by atoms with van der Waals surface area (Å²) < 4.78 is 12.1. The van der Waals surface area contributed by atoms with Gasteiger partial charge in [-0.05, 0) is 30.3 Å². The molecule has 1 aromatic heterocycles.